The van der Waals surface area contributed by atoms with Crippen LogP contribution < -0.4 is 5.32 Å². The predicted octanol–water partition coefficient (Wildman–Crippen LogP) is 2.77. The molecule has 0 heterocycles. The second-order valence-electron chi connectivity index (χ2n) is 5.62. The SMILES string of the molecule is CCNC1CCC(C)CC1S(=O)(=O)c1ccc(F)cc1. The Balaban J connectivity index is 2.31. The van der Waals surface area contributed by atoms with Gasteiger partial charge in [-0.2, -0.15) is 0 Å². The van der Waals surface area contributed by atoms with Crippen molar-refractivity contribution in [2.24, 2.45) is 5.92 Å². The molecule has 0 amide bonds. The number of rotatable bonds is 4. The summed E-state index contributed by atoms with van der Waals surface area (Å²) in [6.07, 6.45) is 2.59. The lowest BCUT2D eigenvalue weighted by Crippen LogP contribution is -2.47. The predicted molar refractivity (Wildman–Crippen MR) is 77.9 cm³/mol. The quantitative estimate of drug-likeness (QED) is 0.870. The van der Waals surface area contributed by atoms with E-state index in [1.165, 1.54) is 24.3 Å². The Bertz CT molecular complexity index is 541. The van der Waals surface area contributed by atoms with Crippen molar-refractivity contribution in [3.05, 3.63) is 30.1 Å². The van der Waals surface area contributed by atoms with Gasteiger partial charge in [-0.3, -0.25) is 0 Å². The number of halogens is 1. The first-order valence-corrected chi connectivity index (χ1v) is 8.72. The van der Waals surface area contributed by atoms with Crippen LogP contribution in [0.25, 0.3) is 0 Å². The Kier molecular flexibility index (Phi) is 4.81. The number of hydrogen-bond acceptors (Lipinski definition) is 3. The van der Waals surface area contributed by atoms with E-state index in [9.17, 15) is 12.8 Å². The van der Waals surface area contributed by atoms with E-state index in [4.69, 9.17) is 0 Å². The number of hydrogen-bond donors (Lipinski definition) is 1. The van der Waals surface area contributed by atoms with E-state index in [1.807, 2.05) is 6.92 Å². The standard InChI is InChI=1S/C15H22FNO2S/c1-3-17-14-9-4-11(2)10-15(14)20(18,19)13-7-5-12(16)6-8-13/h5-8,11,14-15,17H,3-4,9-10H2,1-2H3. The first-order chi connectivity index (χ1) is 9.45. The first-order valence-electron chi connectivity index (χ1n) is 7.18. The van der Waals surface area contributed by atoms with Crippen LogP contribution >= 0.6 is 0 Å². The summed E-state index contributed by atoms with van der Waals surface area (Å²) in [5.41, 5.74) is 0. The third kappa shape index (κ3) is 3.20. The molecule has 1 saturated carbocycles. The average Bonchev–Trinajstić information content (AvgIpc) is 2.41. The zero-order valence-corrected chi connectivity index (χ0v) is 12.8. The second kappa shape index (κ2) is 6.22. The molecular weight excluding hydrogens is 277 g/mol. The van der Waals surface area contributed by atoms with Gasteiger partial charge in [-0.1, -0.05) is 13.8 Å². The average molecular weight is 299 g/mol. The molecule has 3 nitrogen and oxygen atoms in total. The topological polar surface area (TPSA) is 46.2 Å². The molecule has 1 fully saturated rings. The van der Waals surface area contributed by atoms with Crippen LogP contribution in [0.3, 0.4) is 0 Å². The maximum absolute atomic E-state index is 13.0. The molecule has 3 unspecified atom stereocenters. The molecule has 2 rings (SSSR count). The number of sulfone groups is 1. The fraction of sp³-hybridized carbons (Fsp3) is 0.600. The molecule has 0 spiro atoms. The molecule has 0 saturated heterocycles. The van der Waals surface area contributed by atoms with Crippen molar-refractivity contribution >= 4 is 9.84 Å². The third-order valence-electron chi connectivity index (χ3n) is 4.06. The monoisotopic (exact) mass is 299 g/mol. The van der Waals surface area contributed by atoms with Gasteiger partial charge in [-0.05, 0) is 56.0 Å². The largest absolute Gasteiger partial charge is 0.313 e. The molecule has 112 valence electrons. The van der Waals surface area contributed by atoms with E-state index in [0.717, 1.165) is 19.4 Å². The highest BCUT2D eigenvalue weighted by molar-refractivity contribution is 7.92. The summed E-state index contributed by atoms with van der Waals surface area (Å²) < 4.78 is 38.5. The first kappa shape index (κ1) is 15.4. The van der Waals surface area contributed by atoms with Crippen LogP contribution in [0.15, 0.2) is 29.2 Å². The third-order valence-corrected chi connectivity index (χ3v) is 6.31. The summed E-state index contributed by atoms with van der Waals surface area (Å²) in [5.74, 6) is -0.00525. The lowest BCUT2D eigenvalue weighted by atomic mass is 9.87. The van der Waals surface area contributed by atoms with Crippen LogP contribution in [-0.2, 0) is 9.84 Å². The molecule has 0 bridgehead atoms. The van der Waals surface area contributed by atoms with Crippen molar-refractivity contribution < 1.29 is 12.8 Å². The van der Waals surface area contributed by atoms with Gasteiger partial charge < -0.3 is 5.32 Å². The van der Waals surface area contributed by atoms with Gasteiger partial charge in [0.1, 0.15) is 5.82 Å². The molecular formula is C15H22FNO2S. The van der Waals surface area contributed by atoms with Gasteiger partial charge >= 0.3 is 0 Å². The van der Waals surface area contributed by atoms with Crippen molar-refractivity contribution in [1.29, 1.82) is 0 Å². The van der Waals surface area contributed by atoms with E-state index in [-0.39, 0.29) is 10.9 Å². The number of nitrogens with one attached hydrogen (secondary N) is 1. The van der Waals surface area contributed by atoms with E-state index >= 15 is 0 Å². The summed E-state index contributed by atoms with van der Waals surface area (Å²) in [6.45, 7) is 4.84. The minimum Gasteiger partial charge on any atom is -0.313 e. The lowest BCUT2D eigenvalue weighted by Gasteiger charge is -2.35. The molecule has 1 aromatic rings. The molecule has 3 atom stereocenters. The molecule has 1 aliphatic rings. The Labute approximate surface area is 120 Å². The van der Waals surface area contributed by atoms with Gasteiger partial charge in [0.15, 0.2) is 9.84 Å². The zero-order valence-electron chi connectivity index (χ0n) is 12.0. The van der Waals surface area contributed by atoms with E-state index < -0.39 is 20.9 Å². The molecule has 0 aromatic heterocycles. The molecule has 0 radical (unpaired) electrons. The van der Waals surface area contributed by atoms with Crippen molar-refractivity contribution in [2.75, 3.05) is 6.54 Å². The van der Waals surface area contributed by atoms with Crippen molar-refractivity contribution in [3.8, 4) is 0 Å². The maximum atomic E-state index is 13.0. The Hall–Kier alpha value is -0.940. The Morgan fingerprint density at radius 1 is 1.25 bits per heavy atom. The Morgan fingerprint density at radius 2 is 1.90 bits per heavy atom. The van der Waals surface area contributed by atoms with Crippen LogP contribution in [-0.4, -0.2) is 26.3 Å². The van der Waals surface area contributed by atoms with Gasteiger partial charge in [0.25, 0.3) is 0 Å². The second-order valence-corrected chi connectivity index (χ2v) is 7.79. The maximum Gasteiger partial charge on any atom is 0.182 e. The van der Waals surface area contributed by atoms with Crippen molar-refractivity contribution in [3.63, 3.8) is 0 Å². The van der Waals surface area contributed by atoms with Crippen LogP contribution in [0, 0.1) is 11.7 Å². The molecule has 0 aliphatic heterocycles. The highest BCUT2D eigenvalue weighted by Crippen LogP contribution is 2.32. The lowest BCUT2D eigenvalue weighted by molar-refractivity contribution is 0.311. The highest BCUT2D eigenvalue weighted by Gasteiger charge is 2.38. The van der Waals surface area contributed by atoms with Crippen LogP contribution in [0.4, 0.5) is 4.39 Å². The van der Waals surface area contributed by atoms with Crippen LogP contribution in [0.2, 0.25) is 0 Å². The summed E-state index contributed by atoms with van der Waals surface area (Å²) in [6, 6.07) is 5.15. The van der Waals surface area contributed by atoms with Gasteiger partial charge in [-0.25, -0.2) is 12.8 Å². The fourth-order valence-corrected chi connectivity index (χ4v) is 5.08. The van der Waals surface area contributed by atoms with Crippen LogP contribution in [0.1, 0.15) is 33.1 Å². The summed E-state index contributed by atoms with van der Waals surface area (Å²) >= 11 is 0. The van der Waals surface area contributed by atoms with E-state index in [2.05, 4.69) is 12.2 Å². The molecule has 1 aromatic carbocycles. The fourth-order valence-electron chi connectivity index (χ4n) is 2.97. The molecule has 5 heteroatoms. The van der Waals surface area contributed by atoms with Gasteiger partial charge in [0.2, 0.25) is 0 Å². The smallest absolute Gasteiger partial charge is 0.182 e. The van der Waals surface area contributed by atoms with Gasteiger partial charge in [0, 0.05) is 6.04 Å². The van der Waals surface area contributed by atoms with Crippen molar-refractivity contribution in [1.82, 2.24) is 5.32 Å². The van der Waals surface area contributed by atoms with E-state index in [1.54, 1.807) is 0 Å². The van der Waals surface area contributed by atoms with E-state index in [0.29, 0.717) is 12.3 Å². The van der Waals surface area contributed by atoms with Gasteiger partial charge in [0.05, 0.1) is 10.1 Å². The molecule has 20 heavy (non-hydrogen) atoms. The van der Waals surface area contributed by atoms with Gasteiger partial charge in [-0.15, -0.1) is 0 Å². The summed E-state index contributed by atoms with van der Waals surface area (Å²) in [5, 5.41) is 2.87. The minimum absolute atomic E-state index is 0.00810. The van der Waals surface area contributed by atoms with Crippen molar-refractivity contribution in [2.45, 2.75) is 49.3 Å². The zero-order chi connectivity index (χ0) is 14.8. The minimum atomic E-state index is -3.41. The number of benzene rings is 1. The Morgan fingerprint density at radius 3 is 2.50 bits per heavy atom. The summed E-state index contributed by atoms with van der Waals surface area (Å²) in [7, 11) is -3.41. The molecule has 1 aliphatic carbocycles. The molecule has 1 N–H and O–H groups in total. The highest BCUT2D eigenvalue weighted by atomic mass is 32.2. The summed E-state index contributed by atoms with van der Waals surface area (Å²) in [4.78, 5) is 0.223. The normalized spacial score (nSPS) is 27.4. The van der Waals surface area contributed by atoms with Crippen LogP contribution in [0.5, 0.6) is 0 Å².